The van der Waals surface area contributed by atoms with E-state index in [1.54, 1.807) is 0 Å². The van der Waals surface area contributed by atoms with E-state index in [9.17, 15) is 9.59 Å². The zero-order valence-electron chi connectivity index (χ0n) is 17.8. The van der Waals surface area contributed by atoms with Gasteiger partial charge >= 0.3 is 12.1 Å². The Morgan fingerprint density at radius 3 is 2.44 bits per heavy atom. The summed E-state index contributed by atoms with van der Waals surface area (Å²) in [6.07, 6.45) is 4.58. The van der Waals surface area contributed by atoms with Crippen molar-refractivity contribution in [3.63, 3.8) is 0 Å². The summed E-state index contributed by atoms with van der Waals surface area (Å²) in [7, 11) is 0. The van der Waals surface area contributed by atoms with Crippen LogP contribution in [0.3, 0.4) is 0 Å². The van der Waals surface area contributed by atoms with Gasteiger partial charge in [-0.1, -0.05) is 13.3 Å². The second-order valence-corrected chi connectivity index (χ2v) is 8.96. The molecule has 2 unspecified atom stereocenters. The van der Waals surface area contributed by atoms with Crippen molar-refractivity contribution in [3.05, 3.63) is 0 Å². The Hall–Kier alpha value is -1.30. The molecule has 6 nitrogen and oxygen atoms in total. The van der Waals surface area contributed by atoms with Crippen LogP contribution in [0.5, 0.6) is 0 Å². The summed E-state index contributed by atoms with van der Waals surface area (Å²) < 4.78 is 10.7. The van der Waals surface area contributed by atoms with Gasteiger partial charge in [0.05, 0.1) is 6.61 Å². The number of piperidine rings is 2. The lowest BCUT2D eigenvalue weighted by Crippen LogP contribution is -2.55. The van der Waals surface area contributed by atoms with Crippen molar-refractivity contribution < 1.29 is 19.1 Å². The van der Waals surface area contributed by atoms with Crippen LogP contribution in [0.25, 0.3) is 0 Å². The van der Waals surface area contributed by atoms with Crippen LogP contribution in [0, 0.1) is 11.8 Å². The first kappa shape index (κ1) is 22.0. The number of rotatable bonds is 5. The quantitative estimate of drug-likeness (QED) is 0.679. The Labute approximate surface area is 164 Å². The Balaban J connectivity index is 1.92. The van der Waals surface area contributed by atoms with E-state index >= 15 is 0 Å². The summed E-state index contributed by atoms with van der Waals surface area (Å²) >= 11 is 0. The van der Waals surface area contributed by atoms with Crippen molar-refractivity contribution in [1.29, 1.82) is 0 Å². The lowest BCUT2D eigenvalue weighted by Gasteiger charge is -2.46. The molecule has 2 rings (SSSR count). The zero-order valence-corrected chi connectivity index (χ0v) is 17.8. The fourth-order valence-electron chi connectivity index (χ4n) is 4.41. The molecule has 2 heterocycles. The average Bonchev–Trinajstić information content (AvgIpc) is 2.60. The highest BCUT2D eigenvalue weighted by atomic mass is 16.6. The number of carbonyl (C=O) groups excluding carboxylic acids is 2. The third-order valence-electron chi connectivity index (χ3n) is 5.65. The Morgan fingerprint density at radius 1 is 1.07 bits per heavy atom. The monoisotopic (exact) mass is 382 g/mol. The van der Waals surface area contributed by atoms with Gasteiger partial charge in [0.25, 0.3) is 0 Å². The third-order valence-corrected chi connectivity index (χ3v) is 5.65. The minimum Gasteiger partial charge on any atom is -0.466 e. The van der Waals surface area contributed by atoms with Crippen molar-refractivity contribution in [2.45, 2.75) is 78.4 Å². The SMILES string of the molecule is CCOC(=O)C[C@@H]1CCCN(C2CCN(C(=O)OC(C)(C)C)CC2CC)C1. The molecule has 1 amide bonds. The smallest absolute Gasteiger partial charge is 0.410 e. The van der Waals surface area contributed by atoms with Gasteiger partial charge in [0.1, 0.15) is 5.60 Å². The lowest BCUT2D eigenvalue weighted by molar-refractivity contribution is -0.144. The number of likely N-dealkylation sites (tertiary alicyclic amines) is 2. The van der Waals surface area contributed by atoms with Gasteiger partial charge in [0.2, 0.25) is 0 Å². The highest BCUT2D eigenvalue weighted by Gasteiger charge is 2.37. The molecule has 2 saturated heterocycles. The Bertz CT molecular complexity index is 503. The fourth-order valence-corrected chi connectivity index (χ4v) is 4.41. The molecule has 27 heavy (non-hydrogen) atoms. The molecule has 0 aliphatic carbocycles. The molecular weight excluding hydrogens is 344 g/mol. The van der Waals surface area contributed by atoms with Crippen molar-refractivity contribution in [2.24, 2.45) is 11.8 Å². The maximum atomic E-state index is 12.4. The standard InChI is InChI=1S/C21H38N2O4/c1-6-17-15-23(20(25)27-21(3,4)5)12-10-18(17)22-11-8-9-16(14-22)13-19(24)26-7-2/h16-18H,6-15H2,1-5H3/t16-,17?,18?/m0/s1. The van der Waals surface area contributed by atoms with E-state index in [1.807, 2.05) is 32.6 Å². The summed E-state index contributed by atoms with van der Waals surface area (Å²) in [4.78, 5) is 28.7. The van der Waals surface area contributed by atoms with Gasteiger partial charge in [-0.2, -0.15) is 0 Å². The zero-order chi connectivity index (χ0) is 20.0. The van der Waals surface area contributed by atoms with Gasteiger partial charge < -0.3 is 14.4 Å². The molecule has 0 N–H and O–H groups in total. The van der Waals surface area contributed by atoms with Crippen LogP contribution in [0.1, 0.15) is 66.7 Å². The molecule has 0 radical (unpaired) electrons. The van der Waals surface area contributed by atoms with Crippen LogP contribution in [0.15, 0.2) is 0 Å². The Kier molecular flexibility index (Phi) is 7.95. The maximum absolute atomic E-state index is 12.4. The number of hydrogen-bond acceptors (Lipinski definition) is 5. The number of carbonyl (C=O) groups is 2. The number of nitrogens with zero attached hydrogens (tertiary/aromatic N) is 2. The molecule has 0 saturated carbocycles. The van der Waals surface area contributed by atoms with E-state index in [4.69, 9.17) is 9.47 Å². The minimum absolute atomic E-state index is 0.0730. The minimum atomic E-state index is -0.456. The first-order valence-electron chi connectivity index (χ1n) is 10.6. The third kappa shape index (κ3) is 6.66. The predicted molar refractivity (Wildman–Crippen MR) is 106 cm³/mol. The summed E-state index contributed by atoms with van der Waals surface area (Å²) in [5.74, 6) is 0.767. The summed E-state index contributed by atoms with van der Waals surface area (Å²) in [6, 6.07) is 0.485. The summed E-state index contributed by atoms with van der Waals surface area (Å²) in [5.41, 5.74) is -0.456. The number of hydrogen-bond donors (Lipinski definition) is 0. The van der Waals surface area contributed by atoms with Crippen molar-refractivity contribution in [3.8, 4) is 0 Å². The highest BCUT2D eigenvalue weighted by Crippen LogP contribution is 2.30. The predicted octanol–water partition coefficient (Wildman–Crippen LogP) is 3.69. The van der Waals surface area contributed by atoms with Crippen LogP contribution in [-0.2, 0) is 14.3 Å². The molecule has 0 aromatic carbocycles. The molecule has 2 aliphatic rings. The molecule has 3 atom stereocenters. The number of esters is 1. The van der Waals surface area contributed by atoms with E-state index in [2.05, 4.69) is 11.8 Å². The topological polar surface area (TPSA) is 59.1 Å². The molecule has 156 valence electrons. The van der Waals surface area contributed by atoms with E-state index in [1.165, 1.54) is 0 Å². The van der Waals surface area contributed by atoms with Crippen LogP contribution < -0.4 is 0 Å². The van der Waals surface area contributed by atoms with E-state index < -0.39 is 5.60 Å². The summed E-state index contributed by atoms with van der Waals surface area (Å²) in [6.45, 7) is 13.8. The van der Waals surface area contributed by atoms with Gasteiger partial charge in [-0.05, 0) is 65.3 Å². The largest absolute Gasteiger partial charge is 0.466 e. The average molecular weight is 383 g/mol. The van der Waals surface area contributed by atoms with Crippen LogP contribution >= 0.6 is 0 Å². The number of amides is 1. The molecule has 2 aliphatic heterocycles. The van der Waals surface area contributed by atoms with Crippen LogP contribution in [0.4, 0.5) is 4.79 Å². The van der Waals surface area contributed by atoms with E-state index in [-0.39, 0.29) is 12.1 Å². The molecule has 0 aromatic heterocycles. The van der Waals surface area contributed by atoms with Gasteiger partial charge in [0.15, 0.2) is 0 Å². The lowest BCUT2D eigenvalue weighted by atomic mass is 9.85. The van der Waals surface area contributed by atoms with Crippen molar-refractivity contribution in [1.82, 2.24) is 9.80 Å². The van der Waals surface area contributed by atoms with Crippen LogP contribution in [0.2, 0.25) is 0 Å². The Morgan fingerprint density at radius 2 is 1.81 bits per heavy atom. The molecule has 0 bridgehead atoms. The number of ether oxygens (including phenoxy) is 2. The molecule has 2 fully saturated rings. The van der Waals surface area contributed by atoms with Gasteiger partial charge in [0, 0.05) is 32.1 Å². The van der Waals surface area contributed by atoms with E-state index in [0.29, 0.717) is 30.9 Å². The molecule has 0 spiro atoms. The first-order chi connectivity index (χ1) is 12.7. The van der Waals surface area contributed by atoms with Gasteiger partial charge in [-0.3, -0.25) is 9.69 Å². The highest BCUT2D eigenvalue weighted by molar-refractivity contribution is 5.69. The molecule has 0 aromatic rings. The maximum Gasteiger partial charge on any atom is 0.410 e. The van der Waals surface area contributed by atoms with Crippen molar-refractivity contribution >= 4 is 12.1 Å². The first-order valence-corrected chi connectivity index (χ1v) is 10.6. The van der Waals surface area contributed by atoms with E-state index in [0.717, 1.165) is 51.9 Å². The van der Waals surface area contributed by atoms with Gasteiger partial charge in [-0.25, -0.2) is 4.79 Å². The second kappa shape index (κ2) is 9.76. The normalized spacial score (nSPS) is 27.3. The summed E-state index contributed by atoms with van der Waals surface area (Å²) in [5, 5.41) is 0. The van der Waals surface area contributed by atoms with Crippen LogP contribution in [-0.4, -0.2) is 66.3 Å². The fraction of sp³-hybridized carbons (Fsp3) is 0.905. The van der Waals surface area contributed by atoms with Gasteiger partial charge in [-0.15, -0.1) is 0 Å². The molecular formula is C21H38N2O4. The second-order valence-electron chi connectivity index (χ2n) is 8.96. The van der Waals surface area contributed by atoms with Crippen molar-refractivity contribution in [2.75, 3.05) is 32.8 Å². The molecule has 6 heteroatoms.